The van der Waals surface area contributed by atoms with Crippen LogP contribution in [-0.4, -0.2) is 27.9 Å². The Kier molecular flexibility index (Phi) is 5.28. The average Bonchev–Trinajstić information content (AvgIpc) is 2.37. The maximum atomic E-state index is 13.8. The van der Waals surface area contributed by atoms with Crippen LogP contribution in [-0.2, 0) is 4.79 Å². The lowest BCUT2D eigenvalue weighted by Gasteiger charge is -2.14. The molecule has 1 rings (SSSR count). The normalized spacial score (nSPS) is 11.8. The summed E-state index contributed by atoms with van der Waals surface area (Å²) in [5.74, 6) is -5.67. The highest BCUT2D eigenvalue weighted by Crippen LogP contribution is 2.23. The summed E-state index contributed by atoms with van der Waals surface area (Å²) in [5, 5.41) is 21.4. The zero-order valence-electron chi connectivity index (χ0n) is 10.9. The molecule has 0 spiro atoms. The van der Waals surface area contributed by atoms with E-state index in [1.165, 1.54) is 0 Å². The molecule has 0 aliphatic carbocycles. The summed E-state index contributed by atoms with van der Waals surface area (Å²) in [6.07, 6.45) is 0.469. The third-order valence-corrected chi connectivity index (χ3v) is 2.68. The Bertz CT molecular complexity index is 591. The highest BCUT2D eigenvalue weighted by Gasteiger charge is 2.28. The number of nitrogens with zero attached hydrogens (tertiary/aromatic N) is 1. The van der Waals surface area contributed by atoms with Crippen LogP contribution in [0, 0.1) is 21.7 Å². The van der Waals surface area contributed by atoms with E-state index in [1.807, 2.05) is 5.32 Å². The second-order valence-electron chi connectivity index (χ2n) is 4.17. The van der Waals surface area contributed by atoms with Crippen molar-refractivity contribution >= 4 is 17.6 Å². The number of carbonyl (C=O) groups excluding carboxylic acids is 1. The van der Waals surface area contributed by atoms with E-state index >= 15 is 0 Å². The second kappa shape index (κ2) is 6.73. The molecule has 1 aromatic carbocycles. The molecular formula is C12H12F2N2O5. The molecule has 1 unspecified atom stereocenters. The number of hydrogen-bond acceptors (Lipinski definition) is 4. The molecule has 0 saturated carbocycles. The van der Waals surface area contributed by atoms with Crippen molar-refractivity contribution in [3.05, 3.63) is 39.4 Å². The molecule has 9 heteroatoms. The maximum Gasteiger partial charge on any atom is 0.326 e. The van der Waals surface area contributed by atoms with Crippen LogP contribution in [0.25, 0.3) is 0 Å². The van der Waals surface area contributed by atoms with E-state index in [0.717, 1.165) is 0 Å². The van der Waals surface area contributed by atoms with Crippen molar-refractivity contribution in [2.75, 3.05) is 0 Å². The van der Waals surface area contributed by atoms with Crippen molar-refractivity contribution in [1.29, 1.82) is 0 Å². The smallest absolute Gasteiger partial charge is 0.326 e. The summed E-state index contributed by atoms with van der Waals surface area (Å²) in [6, 6.07) is -0.172. The van der Waals surface area contributed by atoms with Gasteiger partial charge in [0.15, 0.2) is 0 Å². The zero-order valence-corrected chi connectivity index (χ0v) is 10.9. The molecule has 0 bridgehead atoms. The largest absolute Gasteiger partial charge is 0.480 e. The Hall–Kier alpha value is -2.58. The summed E-state index contributed by atoms with van der Waals surface area (Å²) in [6.45, 7) is 1.66. The Morgan fingerprint density at radius 1 is 1.43 bits per heavy atom. The van der Waals surface area contributed by atoms with Gasteiger partial charge in [-0.15, -0.1) is 0 Å². The van der Waals surface area contributed by atoms with Crippen molar-refractivity contribution in [2.45, 2.75) is 25.8 Å². The number of carbonyl (C=O) groups is 2. The van der Waals surface area contributed by atoms with Crippen LogP contribution in [0.5, 0.6) is 0 Å². The van der Waals surface area contributed by atoms with E-state index in [-0.39, 0.29) is 6.42 Å². The van der Waals surface area contributed by atoms with Gasteiger partial charge in [0, 0.05) is 6.07 Å². The first-order valence-corrected chi connectivity index (χ1v) is 5.95. The molecule has 0 saturated heterocycles. The minimum atomic E-state index is -1.64. The van der Waals surface area contributed by atoms with Crippen LogP contribution in [0.2, 0.25) is 0 Å². The van der Waals surface area contributed by atoms with Gasteiger partial charge in [-0.25, -0.2) is 9.18 Å². The second-order valence-corrected chi connectivity index (χ2v) is 4.17. The van der Waals surface area contributed by atoms with Crippen LogP contribution < -0.4 is 5.32 Å². The highest BCUT2D eigenvalue weighted by atomic mass is 19.1. The lowest BCUT2D eigenvalue weighted by atomic mass is 10.1. The van der Waals surface area contributed by atoms with Crippen LogP contribution in [0.3, 0.4) is 0 Å². The maximum absolute atomic E-state index is 13.8. The summed E-state index contributed by atoms with van der Waals surface area (Å²) < 4.78 is 27.3. The molecule has 0 fully saturated rings. The van der Waals surface area contributed by atoms with Crippen LogP contribution in [0.4, 0.5) is 14.5 Å². The SMILES string of the molecule is CCCC(NC(=O)c1c(F)ccc([N+](=O)[O-])c1F)C(=O)O. The summed E-state index contributed by atoms with van der Waals surface area (Å²) in [5.41, 5.74) is -2.24. The predicted molar refractivity (Wildman–Crippen MR) is 66.8 cm³/mol. The third-order valence-electron chi connectivity index (χ3n) is 2.68. The quantitative estimate of drug-likeness (QED) is 0.615. The van der Waals surface area contributed by atoms with Gasteiger partial charge in [-0.2, -0.15) is 4.39 Å². The molecule has 0 radical (unpaired) electrons. The topological polar surface area (TPSA) is 110 Å². The number of carboxylic acids is 1. The van der Waals surface area contributed by atoms with Gasteiger partial charge in [-0.1, -0.05) is 13.3 Å². The standard InChI is InChI=1S/C12H12F2N2O5/c1-2-3-7(12(18)19)15-11(17)9-6(13)4-5-8(10(9)14)16(20)21/h4-5,7H,2-3H2,1H3,(H,15,17)(H,18,19). The van der Waals surface area contributed by atoms with E-state index in [0.29, 0.717) is 18.6 Å². The number of rotatable bonds is 6. The van der Waals surface area contributed by atoms with Crippen molar-refractivity contribution < 1.29 is 28.4 Å². The molecule has 2 N–H and O–H groups in total. The molecule has 0 aliphatic rings. The van der Waals surface area contributed by atoms with Crippen molar-refractivity contribution in [2.24, 2.45) is 0 Å². The molecule has 1 atom stereocenters. The van der Waals surface area contributed by atoms with E-state index < -0.39 is 45.7 Å². The van der Waals surface area contributed by atoms with Gasteiger partial charge in [0.2, 0.25) is 5.82 Å². The lowest BCUT2D eigenvalue weighted by Crippen LogP contribution is -2.41. The lowest BCUT2D eigenvalue weighted by molar-refractivity contribution is -0.387. The minimum Gasteiger partial charge on any atom is -0.480 e. The summed E-state index contributed by atoms with van der Waals surface area (Å²) in [7, 11) is 0. The molecule has 1 aromatic rings. The van der Waals surface area contributed by atoms with Gasteiger partial charge in [0.25, 0.3) is 5.91 Å². The fourth-order valence-corrected chi connectivity index (χ4v) is 1.67. The van der Waals surface area contributed by atoms with E-state index in [2.05, 4.69) is 0 Å². The van der Waals surface area contributed by atoms with Gasteiger partial charge in [-0.05, 0) is 12.5 Å². The first-order valence-electron chi connectivity index (χ1n) is 5.95. The molecule has 21 heavy (non-hydrogen) atoms. The summed E-state index contributed by atoms with van der Waals surface area (Å²) in [4.78, 5) is 32.1. The predicted octanol–water partition coefficient (Wildman–Crippen LogP) is 1.86. The van der Waals surface area contributed by atoms with Gasteiger partial charge in [0.1, 0.15) is 17.4 Å². The number of hydrogen-bond donors (Lipinski definition) is 2. The summed E-state index contributed by atoms with van der Waals surface area (Å²) >= 11 is 0. The number of halogens is 2. The van der Waals surface area contributed by atoms with Gasteiger partial charge in [-0.3, -0.25) is 14.9 Å². The molecule has 7 nitrogen and oxygen atoms in total. The third kappa shape index (κ3) is 3.71. The van der Waals surface area contributed by atoms with Gasteiger partial charge >= 0.3 is 11.7 Å². The fraction of sp³-hybridized carbons (Fsp3) is 0.333. The molecule has 114 valence electrons. The molecule has 1 amide bonds. The molecule has 0 aromatic heterocycles. The first-order chi connectivity index (χ1) is 9.79. The number of aliphatic carboxylic acids is 1. The number of nitro groups is 1. The Morgan fingerprint density at radius 3 is 2.52 bits per heavy atom. The van der Waals surface area contributed by atoms with E-state index in [1.54, 1.807) is 6.92 Å². The van der Waals surface area contributed by atoms with Gasteiger partial charge in [0.05, 0.1) is 4.92 Å². The Labute approximate surface area is 117 Å². The Morgan fingerprint density at radius 2 is 2.05 bits per heavy atom. The monoisotopic (exact) mass is 302 g/mol. The van der Waals surface area contributed by atoms with Gasteiger partial charge < -0.3 is 10.4 Å². The van der Waals surface area contributed by atoms with Crippen LogP contribution in [0.15, 0.2) is 12.1 Å². The number of carboxylic acid groups (broad SMARTS) is 1. The number of nitro benzene ring substituents is 1. The number of nitrogens with one attached hydrogen (secondary N) is 1. The van der Waals surface area contributed by atoms with Crippen LogP contribution >= 0.6 is 0 Å². The molecule has 0 heterocycles. The van der Waals surface area contributed by atoms with E-state index in [9.17, 15) is 28.5 Å². The first kappa shape index (κ1) is 16.5. The van der Waals surface area contributed by atoms with Crippen molar-refractivity contribution in [1.82, 2.24) is 5.32 Å². The highest BCUT2D eigenvalue weighted by molar-refractivity contribution is 5.97. The number of benzene rings is 1. The van der Waals surface area contributed by atoms with Crippen LogP contribution in [0.1, 0.15) is 30.1 Å². The zero-order chi connectivity index (χ0) is 16.2. The van der Waals surface area contributed by atoms with E-state index in [4.69, 9.17) is 5.11 Å². The Balaban J connectivity index is 3.15. The van der Waals surface area contributed by atoms with Crippen molar-refractivity contribution in [3.8, 4) is 0 Å². The molecular weight excluding hydrogens is 290 g/mol. The number of amides is 1. The fourth-order valence-electron chi connectivity index (χ4n) is 1.67. The van der Waals surface area contributed by atoms with Crippen molar-refractivity contribution in [3.63, 3.8) is 0 Å². The minimum absolute atomic E-state index is 0.0548. The average molecular weight is 302 g/mol. The molecule has 0 aliphatic heterocycles.